The number of halogens is 2. The summed E-state index contributed by atoms with van der Waals surface area (Å²) in [6.07, 6.45) is -0.0833. The molecule has 1 aliphatic rings. The quantitative estimate of drug-likeness (QED) is 0.920. The maximum atomic E-state index is 13.1. The van der Waals surface area contributed by atoms with Crippen molar-refractivity contribution in [2.24, 2.45) is 0 Å². The van der Waals surface area contributed by atoms with Gasteiger partial charge in [0.15, 0.2) is 0 Å². The average Bonchev–Trinajstić information content (AvgIpc) is 2.46. The van der Waals surface area contributed by atoms with Crippen LogP contribution < -0.4 is 5.32 Å². The molecule has 1 fully saturated rings. The first-order chi connectivity index (χ1) is 10.7. The van der Waals surface area contributed by atoms with Crippen LogP contribution in [0.5, 0.6) is 0 Å². The van der Waals surface area contributed by atoms with E-state index in [1.807, 2.05) is 20.8 Å². The van der Waals surface area contributed by atoms with Gasteiger partial charge in [0.05, 0.1) is 24.8 Å². The molecule has 1 N–H and O–H groups in total. The van der Waals surface area contributed by atoms with Crippen molar-refractivity contribution in [1.29, 1.82) is 0 Å². The Bertz CT molecular complexity index is 599. The Hall–Kier alpha value is -2.02. The van der Waals surface area contributed by atoms with Gasteiger partial charge in [0, 0.05) is 18.2 Å². The summed E-state index contributed by atoms with van der Waals surface area (Å²) in [6, 6.07) is 2.52. The zero-order valence-corrected chi connectivity index (χ0v) is 13.4. The molecule has 5 nitrogen and oxygen atoms in total. The average molecular weight is 326 g/mol. The van der Waals surface area contributed by atoms with Crippen molar-refractivity contribution in [2.45, 2.75) is 32.4 Å². The lowest BCUT2D eigenvalue weighted by Gasteiger charge is -2.44. The lowest BCUT2D eigenvalue weighted by atomic mass is 10.0. The topological polar surface area (TPSA) is 58.6 Å². The van der Waals surface area contributed by atoms with E-state index in [0.29, 0.717) is 19.2 Å². The number of nitrogens with zero attached hydrogens (tertiary/aromatic N) is 1. The molecule has 0 spiro atoms. The smallest absolute Gasteiger partial charge is 0.251 e. The highest BCUT2D eigenvalue weighted by Crippen LogP contribution is 2.21. The molecule has 0 aromatic heterocycles. The van der Waals surface area contributed by atoms with Crippen LogP contribution in [0, 0.1) is 11.6 Å². The summed E-state index contributed by atoms with van der Waals surface area (Å²) in [6.45, 7) is 6.21. The molecule has 1 saturated heterocycles. The predicted octanol–water partition coefficient (Wildman–Crippen LogP) is 1.72. The molecule has 2 rings (SSSR count). The lowest BCUT2D eigenvalue weighted by Crippen LogP contribution is -2.59. The fraction of sp³-hybridized carbons (Fsp3) is 0.500. The van der Waals surface area contributed by atoms with E-state index in [2.05, 4.69) is 5.32 Å². The van der Waals surface area contributed by atoms with E-state index in [0.717, 1.165) is 12.1 Å². The predicted molar refractivity (Wildman–Crippen MR) is 79.9 cm³/mol. The van der Waals surface area contributed by atoms with Gasteiger partial charge in [0.2, 0.25) is 5.91 Å². The van der Waals surface area contributed by atoms with E-state index in [1.165, 1.54) is 0 Å². The van der Waals surface area contributed by atoms with E-state index >= 15 is 0 Å². The van der Waals surface area contributed by atoms with Crippen molar-refractivity contribution in [3.63, 3.8) is 0 Å². The molecule has 2 amide bonds. The first-order valence-electron chi connectivity index (χ1n) is 7.35. The van der Waals surface area contributed by atoms with E-state index in [-0.39, 0.29) is 24.1 Å². The van der Waals surface area contributed by atoms with Gasteiger partial charge in [-0.15, -0.1) is 0 Å². The van der Waals surface area contributed by atoms with Crippen LogP contribution >= 0.6 is 0 Å². The summed E-state index contributed by atoms with van der Waals surface area (Å²) < 4.78 is 31.8. The third kappa shape index (κ3) is 4.25. The second-order valence-corrected chi connectivity index (χ2v) is 6.28. The monoisotopic (exact) mass is 326 g/mol. The van der Waals surface area contributed by atoms with Crippen molar-refractivity contribution in [3.05, 3.63) is 35.4 Å². The molecule has 1 aromatic carbocycles. The van der Waals surface area contributed by atoms with Crippen LogP contribution in [0.3, 0.4) is 0 Å². The summed E-state index contributed by atoms with van der Waals surface area (Å²) >= 11 is 0. The number of rotatable bonds is 3. The normalized spacial score (nSPS) is 20.2. The summed E-state index contributed by atoms with van der Waals surface area (Å²) in [7, 11) is 0. The van der Waals surface area contributed by atoms with Crippen LogP contribution in [0.25, 0.3) is 0 Å². The second kappa shape index (κ2) is 6.62. The number of benzene rings is 1. The van der Waals surface area contributed by atoms with Crippen LogP contribution in [0.15, 0.2) is 18.2 Å². The van der Waals surface area contributed by atoms with E-state index in [1.54, 1.807) is 4.90 Å². The Kier molecular flexibility index (Phi) is 4.99. The van der Waals surface area contributed by atoms with Crippen LogP contribution in [0.2, 0.25) is 0 Å². The maximum Gasteiger partial charge on any atom is 0.251 e. The molecule has 7 heteroatoms. The Labute approximate surface area is 133 Å². The van der Waals surface area contributed by atoms with Gasteiger partial charge < -0.3 is 15.0 Å². The van der Waals surface area contributed by atoms with Gasteiger partial charge in [0.25, 0.3) is 5.91 Å². The zero-order chi connectivity index (χ0) is 17.2. The molecule has 126 valence electrons. The molecule has 0 saturated carbocycles. The van der Waals surface area contributed by atoms with Crippen molar-refractivity contribution in [1.82, 2.24) is 10.2 Å². The van der Waals surface area contributed by atoms with E-state index < -0.39 is 23.1 Å². The van der Waals surface area contributed by atoms with Gasteiger partial charge in [-0.1, -0.05) is 0 Å². The Balaban J connectivity index is 1.99. The number of hydrogen-bond acceptors (Lipinski definition) is 3. The molecule has 0 unspecified atom stereocenters. The van der Waals surface area contributed by atoms with Gasteiger partial charge >= 0.3 is 0 Å². The molecule has 1 aromatic rings. The van der Waals surface area contributed by atoms with Gasteiger partial charge in [0.1, 0.15) is 11.6 Å². The van der Waals surface area contributed by atoms with Crippen molar-refractivity contribution in [3.8, 4) is 0 Å². The molecule has 23 heavy (non-hydrogen) atoms. The molecular weight excluding hydrogens is 306 g/mol. The van der Waals surface area contributed by atoms with Gasteiger partial charge in [-0.25, -0.2) is 8.78 Å². The SMILES string of the molecule is C[C@H]1CN(C(=O)CNC(=O)c2cc(F)cc(F)c2)C(C)(C)CO1. The van der Waals surface area contributed by atoms with Crippen molar-refractivity contribution < 1.29 is 23.1 Å². The highest BCUT2D eigenvalue weighted by atomic mass is 19.1. The summed E-state index contributed by atoms with van der Waals surface area (Å²) in [5.74, 6) is -2.65. The number of carbonyl (C=O) groups is 2. The molecule has 0 radical (unpaired) electrons. The van der Waals surface area contributed by atoms with Crippen LogP contribution in [0.1, 0.15) is 31.1 Å². The number of hydrogen-bond donors (Lipinski definition) is 1. The Morgan fingerprint density at radius 3 is 2.52 bits per heavy atom. The second-order valence-electron chi connectivity index (χ2n) is 6.28. The van der Waals surface area contributed by atoms with Crippen molar-refractivity contribution in [2.75, 3.05) is 19.7 Å². The largest absolute Gasteiger partial charge is 0.374 e. The highest BCUT2D eigenvalue weighted by Gasteiger charge is 2.36. The van der Waals surface area contributed by atoms with Gasteiger partial charge in [-0.05, 0) is 32.9 Å². The number of nitrogens with one attached hydrogen (secondary N) is 1. The van der Waals surface area contributed by atoms with Crippen LogP contribution in [0.4, 0.5) is 8.78 Å². The molecule has 0 bridgehead atoms. The molecule has 1 heterocycles. The third-order valence-electron chi connectivity index (χ3n) is 3.72. The third-order valence-corrected chi connectivity index (χ3v) is 3.72. The number of morpholine rings is 1. The minimum absolute atomic E-state index is 0.0833. The standard InChI is InChI=1S/C16H20F2N2O3/c1-10-8-20(16(2,3)9-23-10)14(21)7-19-15(22)11-4-12(17)6-13(18)5-11/h4-6,10H,7-9H2,1-3H3,(H,19,22)/t10-/m0/s1. The number of ether oxygens (including phenoxy) is 1. The molecule has 0 aliphatic carbocycles. The van der Waals surface area contributed by atoms with Gasteiger partial charge in [-0.2, -0.15) is 0 Å². The molecular formula is C16H20F2N2O3. The fourth-order valence-corrected chi connectivity index (χ4v) is 2.46. The molecule has 1 atom stereocenters. The zero-order valence-electron chi connectivity index (χ0n) is 13.4. The Morgan fingerprint density at radius 2 is 1.91 bits per heavy atom. The minimum Gasteiger partial charge on any atom is -0.374 e. The first kappa shape index (κ1) is 17.3. The number of carbonyl (C=O) groups excluding carboxylic acids is 2. The maximum absolute atomic E-state index is 13.1. The van der Waals surface area contributed by atoms with Crippen LogP contribution in [-0.2, 0) is 9.53 Å². The lowest BCUT2D eigenvalue weighted by molar-refractivity contribution is -0.151. The summed E-state index contributed by atoms with van der Waals surface area (Å²) in [4.78, 5) is 25.9. The van der Waals surface area contributed by atoms with Crippen LogP contribution in [-0.4, -0.2) is 48.1 Å². The van der Waals surface area contributed by atoms with Gasteiger partial charge in [-0.3, -0.25) is 9.59 Å². The fourth-order valence-electron chi connectivity index (χ4n) is 2.46. The molecule has 1 aliphatic heterocycles. The Morgan fingerprint density at radius 1 is 1.30 bits per heavy atom. The number of amides is 2. The summed E-state index contributed by atoms with van der Waals surface area (Å²) in [5.41, 5.74) is -0.635. The summed E-state index contributed by atoms with van der Waals surface area (Å²) in [5, 5.41) is 2.40. The van der Waals surface area contributed by atoms with E-state index in [9.17, 15) is 18.4 Å². The minimum atomic E-state index is -0.843. The first-order valence-corrected chi connectivity index (χ1v) is 7.35. The highest BCUT2D eigenvalue weighted by molar-refractivity contribution is 5.96. The van der Waals surface area contributed by atoms with E-state index in [4.69, 9.17) is 4.74 Å². The van der Waals surface area contributed by atoms with Crippen molar-refractivity contribution >= 4 is 11.8 Å².